The molecule has 3 heteroatoms. The Labute approximate surface area is 84.9 Å². The van der Waals surface area contributed by atoms with E-state index < -0.39 is 0 Å². The number of pyridine rings is 1. The van der Waals surface area contributed by atoms with Crippen molar-refractivity contribution in [1.29, 1.82) is 0 Å². The molecule has 0 radical (unpaired) electrons. The van der Waals surface area contributed by atoms with Gasteiger partial charge in [-0.1, -0.05) is 6.07 Å². The highest BCUT2D eigenvalue weighted by atomic mass is 79.9. The van der Waals surface area contributed by atoms with Crippen molar-refractivity contribution >= 4 is 32.4 Å². The number of anilines is 1. The molecule has 2 nitrogen and oxygen atoms in total. The summed E-state index contributed by atoms with van der Waals surface area (Å²) in [5, 5.41) is 2.17. The number of fused-ring (bicyclic) bond motifs is 1. The molecule has 0 unspecified atom stereocenters. The van der Waals surface area contributed by atoms with Gasteiger partial charge in [-0.2, -0.15) is 0 Å². The lowest BCUT2D eigenvalue weighted by atomic mass is 10.1. The first kappa shape index (κ1) is 8.51. The Bertz CT molecular complexity index is 466. The molecule has 0 bridgehead atoms. The molecule has 2 aromatic rings. The Hall–Kier alpha value is -1.09. The molecule has 0 aliphatic carbocycles. The first-order valence-corrected chi connectivity index (χ1v) is 4.79. The van der Waals surface area contributed by atoms with E-state index in [1.54, 1.807) is 6.20 Å². The maximum Gasteiger partial charge on any atom is 0.0539 e. The normalized spacial score (nSPS) is 10.6. The minimum absolute atomic E-state index is 0.781. The number of hydrogen-bond donors (Lipinski definition) is 1. The quantitative estimate of drug-likeness (QED) is 0.715. The van der Waals surface area contributed by atoms with Crippen LogP contribution in [0.1, 0.15) is 5.69 Å². The topological polar surface area (TPSA) is 38.9 Å². The molecule has 0 fully saturated rings. The number of hydrogen-bond acceptors (Lipinski definition) is 2. The molecule has 1 aromatic heterocycles. The average molecular weight is 237 g/mol. The van der Waals surface area contributed by atoms with Crippen molar-refractivity contribution in [3.8, 4) is 0 Å². The highest BCUT2D eigenvalue weighted by Gasteiger charge is 2.03. The van der Waals surface area contributed by atoms with Crippen molar-refractivity contribution in [2.45, 2.75) is 6.92 Å². The summed E-state index contributed by atoms with van der Waals surface area (Å²) in [5.74, 6) is 0. The van der Waals surface area contributed by atoms with Gasteiger partial charge >= 0.3 is 0 Å². The third-order valence-corrected chi connectivity index (χ3v) is 2.82. The number of nitrogens with zero attached hydrogens (tertiary/aromatic N) is 1. The van der Waals surface area contributed by atoms with E-state index in [0.717, 1.165) is 26.6 Å². The molecule has 0 atom stereocenters. The fourth-order valence-corrected chi connectivity index (χ4v) is 1.74. The molecule has 13 heavy (non-hydrogen) atoms. The van der Waals surface area contributed by atoms with Crippen LogP contribution >= 0.6 is 15.9 Å². The lowest BCUT2D eigenvalue weighted by Gasteiger charge is -2.05. The smallest absolute Gasteiger partial charge is 0.0539 e. The van der Waals surface area contributed by atoms with Crippen LogP contribution in [0, 0.1) is 6.92 Å². The molecular weight excluding hydrogens is 228 g/mol. The van der Waals surface area contributed by atoms with Crippen molar-refractivity contribution in [2.75, 3.05) is 5.73 Å². The number of nitrogens with two attached hydrogens (primary N) is 1. The number of rotatable bonds is 0. The molecule has 1 aromatic carbocycles. The van der Waals surface area contributed by atoms with E-state index in [9.17, 15) is 0 Å². The maximum atomic E-state index is 5.91. The van der Waals surface area contributed by atoms with Crippen LogP contribution in [0.4, 0.5) is 5.69 Å². The van der Waals surface area contributed by atoms with Crippen LogP contribution in [0.15, 0.2) is 28.9 Å². The highest BCUT2D eigenvalue weighted by Crippen LogP contribution is 2.29. The number of aromatic nitrogens is 1. The first-order valence-electron chi connectivity index (χ1n) is 3.99. The van der Waals surface area contributed by atoms with Crippen LogP contribution in [0.25, 0.3) is 10.8 Å². The summed E-state index contributed by atoms with van der Waals surface area (Å²) in [7, 11) is 0. The second-order valence-electron chi connectivity index (χ2n) is 2.95. The second-order valence-corrected chi connectivity index (χ2v) is 3.81. The highest BCUT2D eigenvalue weighted by molar-refractivity contribution is 9.10. The Morgan fingerprint density at radius 2 is 2.00 bits per heavy atom. The summed E-state index contributed by atoms with van der Waals surface area (Å²) in [4.78, 5) is 4.21. The van der Waals surface area contributed by atoms with Crippen LogP contribution in [-0.2, 0) is 0 Å². The van der Waals surface area contributed by atoms with Crippen molar-refractivity contribution in [2.24, 2.45) is 0 Å². The number of nitrogen functional groups attached to an aromatic ring is 1. The van der Waals surface area contributed by atoms with Gasteiger partial charge in [0.2, 0.25) is 0 Å². The van der Waals surface area contributed by atoms with Crippen molar-refractivity contribution < 1.29 is 0 Å². The van der Waals surface area contributed by atoms with Crippen molar-refractivity contribution in [1.82, 2.24) is 4.98 Å². The number of aryl methyl sites for hydroxylation is 1. The van der Waals surface area contributed by atoms with Crippen LogP contribution in [0.5, 0.6) is 0 Å². The molecule has 0 saturated carbocycles. The number of halogens is 1. The van der Waals surface area contributed by atoms with Gasteiger partial charge < -0.3 is 5.73 Å². The van der Waals surface area contributed by atoms with Gasteiger partial charge in [0.1, 0.15) is 0 Å². The third-order valence-electron chi connectivity index (χ3n) is 2.13. The first-order chi connectivity index (χ1) is 6.20. The van der Waals surface area contributed by atoms with Crippen LogP contribution in [0.2, 0.25) is 0 Å². The summed E-state index contributed by atoms with van der Waals surface area (Å²) >= 11 is 3.40. The van der Waals surface area contributed by atoms with Gasteiger partial charge in [0.25, 0.3) is 0 Å². The molecule has 0 saturated heterocycles. The fraction of sp³-hybridized carbons (Fsp3) is 0.100. The Balaban J connectivity index is 2.94. The van der Waals surface area contributed by atoms with E-state index in [4.69, 9.17) is 5.73 Å². The van der Waals surface area contributed by atoms with Crippen molar-refractivity contribution in [3.05, 3.63) is 34.6 Å². The SMILES string of the molecule is Cc1nccc2c(N)c(Br)ccc12. The van der Waals surface area contributed by atoms with Gasteiger partial charge in [-0.05, 0) is 35.0 Å². The molecule has 0 aliphatic rings. The standard InChI is InChI=1S/C10H9BrN2/c1-6-7-2-3-9(11)10(12)8(7)4-5-13-6/h2-5H,12H2,1H3. The van der Waals surface area contributed by atoms with Gasteiger partial charge in [0.15, 0.2) is 0 Å². The molecule has 2 rings (SSSR count). The zero-order chi connectivity index (χ0) is 9.42. The summed E-state index contributed by atoms with van der Waals surface area (Å²) in [6.45, 7) is 1.98. The summed E-state index contributed by atoms with van der Waals surface area (Å²) in [6.07, 6.45) is 1.78. The second kappa shape index (κ2) is 3.00. The lowest BCUT2D eigenvalue weighted by Crippen LogP contribution is -1.91. The predicted octanol–water partition coefficient (Wildman–Crippen LogP) is 2.89. The zero-order valence-corrected chi connectivity index (χ0v) is 8.80. The minimum atomic E-state index is 0.781. The van der Waals surface area contributed by atoms with E-state index in [1.807, 2.05) is 25.1 Å². The van der Waals surface area contributed by atoms with E-state index in [0.29, 0.717) is 0 Å². The van der Waals surface area contributed by atoms with Gasteiger partial charge in [0.05, 0.1) is 5.69 Å². The Morgan fingerprint density at radius 3 is 2.77 bits per heavy atom. The summed E-state index contributed by atoms with van der Waals surface area (Å²) < 4.78 is 0.936. The molecule has 66 valence electrons. The van der Waals surface area contributed by atoms with Gasteiger partial charge in [-0.15, -0.1) is 0 Å². The molecule has 1 heterocycles. The van der Waals surface area contributed by atoms with Gasteiger partial charge in [-0.25, -0.2) is 0 Å². The Morgan fingerprint density at radius 1 is 1.23 bits per heavy atom. The van der Waals surface area contributed by atoms with E-state index in [1.165, 1.54) is 0 Å². The van der Waals surface area contributed by atoms with Crippen LogP contribution in [-0.4, -0.2) is 4.98 Å². The third kappa shape index (κ3) is 1.29. The van der Waals surface area contributed by atoms with Crippen LogP contribution in [0.3, 0.4) is 0 Å². The predicted molar refractivity (Wildman–Crippen MR) is 58.6 cm³/mol. The summed E-state index contributed by atoms with van der Waals surface area (Å²) in [5.41, 5.74) is 7.70. The summed E-state index contributed by atoms with van der Waals surface area (Å²) in [6, 6.07) is 5.91. The fourth-order valence-electron chi connectivity index (χ4n) is 1.40. The average Bonchev–Trinajstić information content (AvgIpc) is 2.12. The van der Waals surface area contributed by atoms with Gasteiger partial charge in [-0.3, -0.25) is 4.98 Å². The molecule has 0 amide bonds. The van der Waals surface area contributed by atoms with Crippen LogP contribution < -0.4 is 5.73 Å². The maximum absolute atomic E-state index is 5.91. The van der Waals surface area contributed by atoms with Crippen molar-refractivity contribution in [3.63, 3.8) is 0 Å². The lowest BCUT2D eigenvalue weighted by molar-refractivity contribution is 1.24. The monoisotopic (exact) mass is 236 g/mol. The van der Waals surface area contributed by atoms with E-state index >= 15 is 0 Å². The van der Waals surface area contributed by atoms with E-state index in [-0.39, 0.29) is 0 Å². The molecule has 2 N–H and O–H groups in total. The minimum Gasteiger partial charge on any atom is -0.397 e. The number of benzene rings is 1. The molecule has 0 aliphatic heterocycles. The largest absolute Gasteiger partial charge is 0.397 e. The molecule has 0 spiro atoms. The van der Waals surface area contributed by atoms with E-state index in [2.05, 4.69) is 20.9 Å². The Kier molecular flexibility index (Phi) is 1.96. The van der Waals surface area contributed by atoms with Gasteiger partial charge in [0, 0.05) is 27.1 Å². The zero-order valence-electron chi connectivity index (χ0n) is 7.21. The molecular formula is C10H9BrN2.